The Morgan fingerprint density at radius 1 is 1.35 bits per heavy atom. The van der Waals surface area contributed by atoms with Gasteiger partial charge in [0.05, 0.1) is 0 Å². The standard InChI is InChI=1S/C17H22BrF2N3O3/c1-22(2)17(25)23-7-5-11(6-8-23)15(24)21-10-12-9-13(18)3-4-14(12)26-16(19)20/h3-4,9,11,16H,5-8,10H2,1-2H3,(H,21,24). The number of ether oxygens (including phenoxy) is 1. The Hall–Kier alpha value is -1.90. The van der Waals surface area contributed by atoms with E-state index >= 15 is 0 Å². The van der Waals surface area contributed by atoms with E-state index in [1.807, 2.05) is 0 Å². The monoisotopic (exact) mass is 433 g/mol. The number of carbonyl (C=O) groups is 2. The summed E-state index contributed by atoms with van der Waals surface area (Å²) >= 11 is 3.28. The molecular weight excluding hydrogens is 412 g/mol. The van der Waals surface area contributed by atoms with E-state index in [-0.39, 0.29) is 30.2 Å². The van der Waals surface area contributed by atoms with Crippen molar-refractivity contribution in [1.29, 1.82) is 0 Å². The third kappa shape index (κ3) is 5.55. The van der Waals surface area contributed by atoms with Gasteiger partial charge in [-0.1, -0.05) is 15.9 Å². The van der Waals surface area contributed by atoms with Crippen LogP contribution in [0.2, 0.25) is 0 Å². The normalized spacial score (nSPS) is 15.1. The van der Waals surface area contributed by atoms with Gasteiger partial charge in [-0.15, -0.1) is 0 Å². The predicted octanol–water partition coefficient (Wildman–Crippen LogP) is 3.06. The lowest BCUT2D eigenvalue weighted by Crippen LogP contribution is -2.46. The minimum atomic E-state index is -2.93. The SMILES string of the molecule is CN(C)C(=O)N1CCC(C(=O)NCc2cc(Br)ccc2OC(F)F)CC1. The van der Waals surface area contributed by atoms with Crippen LogP contribution in [0.25, 0.3) is 0 Å². The summed E-state index contributed by atoms with van der Waals surface area (Å²) < 4.78 is 30.2. The van der Waals surface area contributed by atoms with Crippen LogP contribution < -0.4 is 10.1 Å². The molecule has 26 heavy (non-hydrogen) atoms. The lowest BCUT2D eigenvalue weighted by molar-refractivity contribution is -0.126. The van der Waals surface area contributed by atoms with E-state index in [1.54, 1.807) is 31.1 Å². The molecule has 2 rings (SSSR count). The fourth-order valence-electron chi connectivity index (χ4n) is 2.84. The molecule has 0 radical (unpaired) electrons. The van der Waals surface area contributed by atoms with Crippen molar-refractivity contribution in [3.05, 3.63) is 28.2 Å². The molecule has 1 aromatic carbocycles. The molecule has 0 unspecified atom stereocenters. The third-order valence-corrected chi connectivity index (χ3v) is 4.70. The van der Waals surface area contributed by atoms with Gasteiger partial charge >= 0.3 is 12.6 Å². The highest BCUT2D eigenvalue weighted by atomic mass is 79.9. The van der Waals surface area contributed by atoms with Gasteiger partial charge in [-0.3, -0.25) is 4.79 Å². The maximum absolute atomic E-state index is 12.5. The van der Waals surface area contributed by atoms with Crippen molar-refractivity contribution in [3.63, 3.8) is 0 Å². The molecule has 3 amide bonds. The number of urea groups is 1. The van der Waals surface area contributed by atoms with E-state index in [4.69, 9.17) is 0 Å². The van der Waals surface area contributed by atoms with Gasteiger partial charge in [0, 0.05) is 49.7 Å². The second-order valence-electron chi connectivity index (χ2n) is 6.29. The zero-order valence-corrected chi connectivity index (χ0v) is 16.3. The van der Waals surface area contributed by atoms with Gasteiger partial charge in [-0.25, -0.2) is 4.79 Å². The molecule has 0 spiro atoms. The summed E-state index contributed by atoms with van der Waals surface area (Å²) in [5.41, 5.74) is 0.466. The number of piperidine rings is 1. The summed E-state index contributed by atoms with van der Waals surface area (Å²) in [6.07, 6.45) is 1.15. The van der Waals surface area contributed by atoms with Crippen LogP contribution in [0.5, 0.6) is 5.75 Å². The molecule has 1 aliphatic heterocycles. The smallest absolute Gasteiger partial charge is 0.387 e. The Balaban J connectivity index is 1.90. The topological polar surface area (TPSA) is 61.9 Å². The summed E-state index contributed by atoms with van der Waals surface area (Å²) in [6, 6.07) is 4.60. The summed E-state index contributed by atoms with van der Waals surface area (Å²) in [7, 11) is 3.39. The number of hydrogen-bond donors (Lipinski definition) is 1. The number of benzene rings is 1. The summed E-state index contributed by atoms with van der Waals surface area (Å²) in [5, 5.41) is 2.78. The number of halogens is 3. The summed E-state index contributed by atoms with van der Waals surface area (Å²) in [6.45, 7) is -1.79. The molecule has 0 aromatic heterocycles. The van der Waals surface area contributed by atoms with Crippen LogP contribution in [0.15, 0.2) is 22.7 Å². The molecule has 1 N–H and O–H groups in total. The van der Waals surface area contributed by atoms with Crippen LogP contribution in [0.4, 0.5) is 13.6 Å². The number of carbonyl (C=O) groups excluding carboxylic acids is 2. The quantitative estimate of drug-likeness (QED) is 0.775. The van der Waals surface area contributed by atoms with Gasteiger partial charge in [0.25, 0.3) is 0 Å². The van der Waals surface area contributed by atoms with Crippen molar-refractivity contribution in [2.75, 3.05) is 27.2 Å². The van der Waals surface area contributed by atoms with Crippen molar-refractivity contribution in [2.24, 2.45) is 5.92 Å². The maximum Gasteiger partial charge on any atom is 0.387 e. The average molecular weight is 434 g/mol. The van der Waals surface area contributed by atoms with Crippen LogP contribution in [0.1, 0.15) is 18.4 Å². The molecule has 1 aliphatic rings. The van der Waals surface area contributed by atoms with Crippen molar-refractivity contribution in [3.8, 4) is 5.75 Å². The van der Waals surface area contributed by atoms with Gasteiger partial charge in [0.15, 0.2) is 0 Å². The lowest BCUT2D eigenvalue weighted by atomic mass is 9.96. The first-order valence-corrected chi connectivity index (χ1v) is 9.04. The fourth-order valence-corrected chi connectivity index (χ4v) is 3.25. The van der Waals surface area contributed by atoms with Gasteiger partial charge in [-0.2, -0.15) is 8.78 Å². The molecule has 0 aliphatic carbocycles. The van der Waals surface area contributed by atoms with E-state index in [1.165, 1.54) is 11.0 Å². The number of rotatable bonds is 5. The Labute approximate surface area is 159 Å². The number of nitrogens with zero attached hydrogens (tertiary/aromatic N) is 2. The molecule has 0 atom stereocenters. The molecule has 1 saturated heterocycles. The molecule has 144 valence electrons. The largest absolute Gasteiger partial charge is 0.434 e. The second-order valence-corrected chi connectivity index (χ2v) is 7.20. The van der Waals surface area contributed by atoms with Crippen molar-refractivity contribution >= 4 is 27.9 Å². The molecule has 9 heteroatoms. The second kappa shape index (κ2) is 9.16. The van der Waals surface area contributed by atoms with Crippen LogP contribution in [0, 0.1) is 5.92 Å². The molecular formula is C17H22BrF2N3O3. The van der Waals surface area contributed by atoms with E-state index in [0.29, 0.717) is 36.0 Å². The summed E-state index contributed by atoms with van der Waals surface area (Å²) in [5.74, 6) is -0.312. The van der Waals surface area contributed by atoms with Crippen LogP contribution >= 0.6 is 15.9 Å². The lowest BCUT2D eigenvalue weighted by Gasteiger charge is -2.33. The Morgan fingerprint density at radius 2 is 2.00 bits per heavy atom. The number of nitrogens with one attached hydrogen (secondary N) is 1. The van der Waals surface area contributed by atoms with Gasteiger partial charge in [-0.05, 0) is 31.0 Å². The molecule has 1 aromatic rings. The van der Waals surface area contributed by atoms with Crippen LogP contribution in [-0.2, 0) is 11.3 Å². The first-order chi connectivity index (χ1) is 12.3. The van der Waals surface area contributed by atoms with E-state index in [2.05, 4.69) is 26.0 Å². The van der Waals surface area contributed by atoms with Crippen molar-refractivity contribution in [2.45, 2.75) is 26.0 Å². The number of hydrogen-bond acceptors (Lipinski definition) is 3. The Morgan fingerprint density at radius 3 is 2.58 bits per heavy atom. The minimum Gasteiger partial charge on any atom is -0.434 e. The Bertz CT molecular complexity index is 650. The van der Waals surface area contributed by atoms with Gasteiger partial charge < -0.3 is 19.9 Å². The fraction of sp³-hybridized carbons (Fsp3) is 0.529. The van der Waals surface area contributed by atoms with E-state index in [0.717, 1.165) is 0 Å². The zero-order chi connectivity index (χ0) is 19.3. The maximum atomic E-state index is 12.5. The highest BCUT2D eigenvalue weighted by Crippen LogP contribution is 2.25. The van der Waals surface area contributed by atoms with Crippen molar-refractivity contribution in [1.82, 2.24) is 15.1 Å². The predicted molar refractivity (Wildman–Crippen MR) is 96.0 cm³/mol. The molecule has 0 bridgehead atoms. The summed E-state index contributed by atoms with van der Waals surface area (Å²) in [4.78, 5) is 27.5. The first kappa shape index (κ1) is 20.4. The number of alkyl halides is 2. The Kier molecular flexibility index (Phi) is 7.19. The number of amides is 3. The highest BCUT2D eigenvalue weighted by Gasteiger charge is 2.28. The molecule has 1 heterocycles. The minimum absolute atomic E-state index is 0.0369. The van der Waals surface area contributed by atoms with Crippen molar-refractivity contribution < 1.29 is 23.1 Å². The van der Waals surface area contributed by atoms with Gasteiger partial charge in [0.2, 0.25) is 5.91 Å². The zero-order valence-electron chi connectivity index (χ0n) is 14.7. The van der Waals surface area contributed by atoms with Gasteiger partial charge in [0.1, 0.15) is 5.75 Å². The average Bonchev–Trinajstić information content (AvgIpc) is 2.60. The number of likely N-dealkylation sites (tertiary alicyclic amines) is 1. The molecule has 0 saturated carbocycles. The highest BCUT2D eigenvalue weighted by molar-refractivity contribution is 9.10. The third-order valence-electron chi connectivity index (χ3n) is 4.21. The molecule has 1 fully saturated rings. The van der Waals surface area contributed by atoms with E-state index in [9.17, 15) is 18.4 Å². The van der Waals surface area contributed by atoms with E-state index < -0.39 is 6.61 Å². The molecule has 6 nitrogen and oxygen atoms in total. The van der Waals surface area contributed by atoms with Crippen LogP contribution in [-0.4, -0.2) is 55.5 Å². The first-order valence-electron chi connectivity index (χ1n) is 8.25. The van der Waals surface area contributed by atoms with Crippen LogP contribution in [0.3, 0.4) is 0 Å².